The Kier molecular flexibility index (Phi) is 5.26. The van der Waals surface area contributed by atoms with E-state index in [0.29, 0.717) is 6.54 Å². The molecule has 0 bridgehead atoms. The van der Waals surface area contributed by atoms with Crippen LogP contribution in [0.1, 0.15) is 41.6 Å². The second-order valence-corrected chi connectivity index (χ2v) is 7.54. The molecule has 0 unspecified atom stereocenters. The van der Waals surface area contributed by atoms with Gasteiger partial charge in [-0.2, -0.15) is 0 Å². The van der Waals surface area contributed by atoms with Crippen molar-refractivity contribution in [2.75, 3.05) is 20.2 Å². The van der Waals surface area contributed by atoms with Crippen LogP contribution in [0.5, 0.6) is 5.75 Å². The smallest absolute Gasteiger partial charge is 0.174 e. The average Bonchev–Trinajstić information content (AvgIpc) is 3.37. The number of thiophene rings is 1. The lowest BCUT2D eigenvalue weighted by molar-refractivity contribution is 0.180. The number of methoxy groups -OCH3 is 1. The van der Waals surface area contributed by atoms with Gasteiger partial charge >= 0.3 is 0 Å². The van der Waals surface area contributed by atoms with Crippen LogP contribution in [0.4, 0.5) is 0 Å². The van der Waals surface area contributed by atoms with E-state index in [1.807, 2.05) is 16.8 Å². The molecule has 0 spiro atoms. The normalized spacial score (nSPS) is 16.5. The minimum atomic E-state index is 0.128. The predicted octanol–water partition coefficient (Wildman–Crippen LogP) is 3.37. The van der Waals surface area contributed by atoms with Crippen LogP contribution in [0.25, 0.3) is 0 Å². The van der Waals surface area contributed by atoms with E-state index >= 15 is 0 Å². The third-order valence-corrected chi connectivity index (χ3v) is 5.79. The summed E-state index contributed by atoms with van der Waals surface area (Å²) in [5.74, 6) is 1.78. The van der Waals surface area contributed by atoms with Crippen molar-refractivity contribution in [3.05, 3.63) is 58.0 Å². The van der Waals surface area contributed by atoms with Crippen LogP contribution in [-0.2, 0) is 6.54 Å². The first kappa shape index (κ1) is 17.2. The Labute approximate surface area is 157 Å². The monoisotopic (exact) mass is 369 g/mol. The number of aromatic nitrogens is 4. The number of hydrogen-bond donors (Lipinski definition) is 0. The molecule has 1 aliphatic rings. The van der Waals surface area contributed by atoms with Crippen molar-refractivity contribution in [2.24, 2.45) is 0 Å². The van der Waals surface area contributed by atoms with E-state index in [9.17, 15) is 0 Å². The first-order chi connectivity index (χ1) is 12.8. The third-order valence-electron chi connectivity index (χ3n) is 4.86. The molecule has 0 amide bonds. The van der Waals surface area contributed by atoms with Gasteiger partial charge in [-0.25, -0.2) is 4.68 Å². The van der Waals surface area contributed by atoms with Gasteiger partial charge in [0.2, 0.25) is 0 Å². The highest BCUT2D eigenvalue weighted by Gasteiger charge is 2.29. The van der Waals surface area contributed by atoms with Gasteiger partial charge in [-0.3, -0.25) is 4.90 Å². The molecular weight excluding hydrogens is 346 g/mol. The molecular formula is C19H23N5OS. The van der Waals surface area contributed by atoms with Crippen LogP contribution in [-0.4, -0.2) is 45.3 Å². The summed E-state index contributed by atoms with van der Waals surface area (Å²) in [6, 6.07) is 12.5. The Morgan fingerprint density at radius 3 is 2.62 bits per heavy atom. The molecule has 4 rings (SSSR count). The summed E-state index contributed by atoms with van der Waals surface area (Å²) in [6.45, 7) is 2.85. The van der Waals surface area contributed by atoms with Crippen molar-refractivity contribution in [1.82, 2.24) is 25.1 Å². The fourth-order valence-electron chi connectivity index (χ4n) is 3.52. The summed E-state index contributed by atoms with van der Waals surface area (Å²) < 4.78 is 7.17. The van der Waals surface area contributed by atoms with Gasteiger partial charge in [0.15, 0.2) is 5.82 Å². The lowest BCUT2D eigenvalue weighted by atomic mass is 10.1. The molecule has 7 heteroatoms. The van der Waals surface area contributed by atoms with E-state index in [1.54, 1.807) is 18.4 Å². The fourth-order valence-corrected chi connectivity index (χ4v) is 4.37. The van der Waals surface area contributed by atoms with Crippen LogP contribution in [0, 0.1) is 0 Å². The first-order valence-corrected chi connectivity index (χ1v) is 9.89. The van der Waals surface area contributed by atoms with Crippen molar-refractivity contribution in [3.8, 4) is 5.75 Å². The van der Waals surface area contributed by atoms with Crippen LogP contribution < -0.4 is 4.74 Å². The summed E-state index contributed by atoms with van der Waals surface area (Å²) in [6.07, 6.45) is 3.79. The maximum absolute atomic E-state index is 5.24. The molecule has 26 heavy (non-hydrogen) atoms. The molecule has 0 aliphatic carbocycles. The largest absolute Gasteiger partial charge is 0.497 e. The summed E-state index contributed by atoms with van der Waals surface area (Å²) >= 11 is 1.78. The van der Waals surface area contributed by atoms with Crippen LogP contribution in [0.3, 0.4) is 0 Å². The van der Waals surface area contributed by atoms with Gasteiger partial charge in [0, 0.05) is 4.88 Å². The average molecular weight is 369 g/mol. The lowest BCUT2D eigenvalue weighted by Gasteiger charge is -2.33. The minimum absolute atomic E-state index is 0.128. The van der Waals surface area contributed by atoms with Crippen molar-refractivity contribution in [3.63, 3.8) is 0 Å². The Balaban J connectivity index is 1.63. The zero-order valence-electron chi connectivity index (χ0n) is 14.9. The molecule has 0 radical (unpaired) electrons. The Morgan fingerprint density at radius 2 is 1.92 bits per heavy atom. The number of piperidine rings is 1. The molecule has 2 aromatic heterocycles. The quantitative estimate of drug-likeness (QED) is 0.667. The van der Waals surface area contributed by atoms with E-state index in [0.717, 1.165) is 30.2 Å². The SMILES string of the molecule is COc1ccc(Cn2nnnc2[C@@H](c2cccs2)N2CCCCC2)cc1. The van der Waals surface area contributed by atoms with Gasteiger partial charge < -0.3 is 4.74 Å². The van der Waals surface area contributed by atoms with E-state index in [4.69, 9.17) is 4.74 Å². The van der Waals surface area contributed by atoms with E-state index in [1.165, 1.54) is 24.1 Å². The molecule has 1 fully saturated rings. The number of rotatable bonds is 6. The van der Waals surface area contributed by atoms with Gasteiger partial charge in [-0.05, 0) is 65.5 Å². The second-order valence-electron chi connectivity index (χ2n) is 6.56. The topological polar surface area (TPSA) is 56.1 Å². The number of tetrazole rings is 1. The zero-order valence-corrected chi connectivity index (χ0v) is 15.7. The van der Waals surface area contributed by atoms with Crippen LogP contribution in [0.15, 0.2) is 41.8 Å². The molecule has 3 heterocycles. The van der Waals surface area contributed by atoms with E-state index < -0.39 is 0 Å². The number of likely N-dealkylation sites (tertiary alicyclic amines) is 1. The molecule has 136 valence electrons. The summed E-state index contributed by atoms with van der Waals surface area (Å²) in [7, 11) is 1.68. The zero-order chi connectivity index (χ0) is 17.8. The van der Waals surface area contributed by atoms with Crippen molar-refractivity contribution in [1.29, 1.82) is 0 Å². The molecule has 1 aromatic carbocycles. The molecule has 6 nitrogen and oxygen atoms in total. The summed E-state index contributed by atoms with van der Waals surface area (Å²) in [5.41, 5.74) is 1.16. The Morgan fingerprint density at radius 1 is 1.12 bits per heavy atom. The standard InChI is InChI=1S/C19H23N5OS/c1-25-16-9-7-15(8-10-16)14-24-19(20-21-22-24)18(17-6-5-13-26-17)23-11-3-2-4-12-23/h5-10,13,18H,2-4,11-12,14H2,1H3/t18-/m1/s1. The number of benzene rings is 1. The predicted molar refractivity (Wildman–Crippen MR) is 101 cm³/mol. The number of hydrogen-bond acceptors (Lipinski definition) is 6. The minimum Gasteiger partial charge on any atom is -0.497 e. The van der Waals surface area contributed by atoms with Gasteiger partial charge in [0.1, 0.15) is 11.8 Å². The Bertz CT molecular complexity index is 809. The molecule has 1 atom stereocenters. The van der Waals surface area contributed by atoms with Crippen molar-refractivity contribution in [2.45, 2.75) is 31.8 Å². The van der Waals surface area contributed by atoms with Gasteiger partial charge in [-0.1, -0.05) is 24.6 Å². The van der Waals surface area contributed by atoms with Crippen LogP contribution >= 0.6 is 11.3 Å². The molecule has 3 aromatic rings. The second kappa shape index (κ2) is 7.97. The molecule has 0 N–H and O–H groups in total. The maximum atomic E-state index is 5.24. The number of nitrogens with zero attached hydrogens (tertiary/aromatic N) is 5. The highest BCUT2D eigenvalue weighted by Crippen LogP contribution is 2.32. The lowest BCUT2D eigenvalue weighted by Crippen LogP contribution is -2.35. The third kappa shape index (κ3) is 3.64. The molecule has 0 saturated carbocycles. The van der Waals surface area contributed by atoms with Gasteiger partial charge in [0.05, 0.1) is 13.7 Å². The van der Waals surface area contributed by atoms with Gasteiger partial charge in [0.25, 0.3) is 0 Å². The van der Waals surface area contributed by atoms with Crippen molar-refractivity contribution >= 4 is 11.3 Å². The summed E-state index contributed by atoms with van der Waals surface area (Å²) in [5, 5.41) is 14.8. The van der Waals surface area contributed by atoms with E-state index in [-0.39, 0.29) is 6.04 Å². The summed E-state index contributed by atoms with van der Waals surface area (Å²) in [4.78, 5) is 3.82. The fraction of sp³-hybridized carbons (Fsp3) is 0.421. The maximum Gasteiger partial charge on any atom is 0.174 e. The highest BCUT2D eigenvalue weighted by molar-refractivity contribution is 7.10. The van der Waals surface area contributed by atoms with Crippen LogP contribution in [0.2, 0.25) is 0 Å². The first-order valence-electron chi connectivity index (χ1n) is 9.01. The van der Waals surface area contributed by atoms with Crippen molar-refractivity contribution < 1.29 is 4.74 Å². The van der Waals surface area contributed by atoms with E-state index in [2.05, 4.69) is 50.1 Å². The highest BCUT2D eigenvalue weighted by atomic mass is 32.1. The number of ether oxygens (including phenoxy) is 1. The Hall–Kier alpha value is -2.25. The van der Waals surface area contributed by atoms with Gasteiger partial charge in [-0.15, -0.1) is 16.4 Å². The molecule has 1 saturated heterocycles. The molecule has 1 aliphatic heterocycles.